The average Bonchev–Trinajstić information content (AvgIpc) is 3.05. The average molecular weight is 266 g/mol. The second-order valence-corrected chi connectivity index (χ2v) is 6.07. The fraction of sp³-hybridized carbons (Fsp3) is 0.643. The van der Waals surface area contributed by atoms with Gasteiger partial charge in [-0.05, 0) is 49.7 Å². The van der Waals surface area contributed by atoms with Crippen LogP contribution < -0.4 is 5.32 Å². The number of nitrogens with zero attached hydrogens (tertiary/aromatic N) is 1. The van der Waals surface area contributed by atoms with Gasteiger partial charge in [0.25, 0.3) is 0 Å². The van der Waals surface area contributed by atoms with Crippen molar-refractivity contribution >= 4 is 17.2 Å². The molecule has 18 heavy (non-hydrogen) atoms. The molecule has 0 saturated carbocycles. The van der Waals surface area contributed by atoms with Gasteiger partial charge < -0.3 is 10.2 Å². The Bertz CT molecular complexity index is 358. The van der Waals surface area contributed by atoms with Crippen LogP contribution in [0.5, 0.6) is 0 Å². The minimum atomic E-state index is 0.290. The van der Waals surface area contributed by atoms with E-state index in [9.17, 15) is 4.79 Å². The van der Waals surface area contributed by atoms with E-state index in [1.165, 1.54) is 11.3 Å². The van der Waals surface area contributed by atoms with Gasteiger partial charge in [0.1, 0.15) is 0 Å². The highest BCUT2D eigenvalue weighted by Gasteiger charge is 2.17. The van der Waals surface area contributed by atoms with Crippen molar-refractivity contribution in [3.8, 4) is 0 Å². The Morgan fingerprint density at radius 1 is 1.61 bits per heavy atom. The molecule has 0 aromatic carbocycles. The van der Waals surface area contributed by atoms with Gasteiger partial charge in [0.15, 0.2) is 0 Å². The van der Waals surface area contributed by atoms with Crippen LogP contribution in [0, 0.1) is 5.92 Å². The number of thiophene rings is 1. The quantitative estimate of drug-likeness (QED) is 0.855. The lowest BCUT2D eigenvalue weighted by Crippen LogP contribution is -2.29. The van der Waals surface area contributed by atoms with Crippen LogP contribution in [0.1, 0.15) is 24.1 Å². The zero-order valence-electron chi connectivity index (χ0n) is 11.0. The van der Waals surface area contributed by atoms with Gasteiger partial charge in [-0.3, -0.25) is 4.79 Å². The van der Waals surface area contributed by atoms with E-state index >= 15 is 0 Å². The molecular formula is C14H22N2OS. The summed E-state index contributed by atoms with van der Waals surface area (Å²) >= 11 is 1.76. The highest BCUT2D eigenvalue weighted by molar-refractivity contribution is 7.09. The van der Waals surface area contributed by atoms with Crippen LogP contribution in [0.3, 0.4) is 0 Å². The van der Waals surface area contributed by atoms with Gasteiger partial charge in [-0.25, -0.2) is 0 Å². The van der Waals surface area contributed by atoms with Crippen LogP contribution in [0.2, 0.25) is 0 Å². The van der Waals surface area contributed by atoms with Crippen molar-refractivity contribution in [3.63, 3.8) is 0 Å². The lowest BCUT2D eigenvalue weighted by molar-refractivity contribution is -0.130. The van der Waals surface area contributed by atoms with Crippen molar-refractivity contribution in [2.24, 2.45) is 5.92 Å². The topological polar surface area (TPSA) is 32.3 Å². The monoisotopic (exact) mass is 266 g/mol. The fourth-order valence-corrected chi connectivity index (χ4v) is 3.03. The first-order valence-corrected chi connectivity index (χ1v) is 7.60. The van der Waals surface area contributed by atoms with Gasteiger partial charge in [-0.15, -0.1) is 11.3 Å². The van der Waals surface area contributed by atoms with E-state index in [4.69, 9.17) is 0 Å². The predicted octanol–water partition coefficient (Wildman–Crippen LogP) is 2.14. The number of rotatable bonds is 6. The molecule has 1 atom stereocenters. The molecular weight excluding hydrogens is 244 g/mol. The Labute approximate surface area is 113 Å². The van der Waals surface area contributed by atoms with E-state index in [0.717, 1.165) is 32.5 Å². The van der Waals surface area contributed by atoms with Gasteiger partial charge in [-0.1, -0.05) is 6.07 Å². The lowest BCUT2D eigenvalue weighted by atomic mass is 10.0. The van der Waals surface area contributed by atoms with Gasteiger partial charge in [0, 0.05) is 24.9 Å². The highest BCUT2D eigenvalue weighted by Crippen LogP contribution is 2.15. The van der Waals surface area contributed by atoms with E-state index in [2.05, 4.69) is 22.8 Å². The number of hydrogen-bond donors (Lipinski definition) is 1. The summed E-state index contributed by atoms with van der Waals surface area (Å²) in [6.07, 6.45) is 3.94. The van der Waals surface area contributed by atoms with Crippen molar-refractivity contribution < 1.29 is 4.79 Å². The van der Waals surface area contributed by atoms with Crippen molar-refractivity contribution in [2.75, 3.05) is 26.7 Å². The Morgan fingerprint density at radius 3 is 3.17 bits per heavy atom. The molecule has 4 heteroatoms. The number of likely N-dealkylation sites (N-methyl/N-ethyl adjacent to an activating group) is 1. The molecule has 100 valence electrons. The molecule has 1 N–H and O–H groups in total. The maximum atomic E-state index is 12.0. The molecule has 1 unspecified atom stereocenters. The van der Waals surface area contributed by atoms with E-state index in [1.807, 2.05) is 11.9 Å². The zero-order chi connectivity index (χ0) is 12.8. The largest absolute Gasteiger partial charge is 0.345 e. The predicted molar refractivity (Wildman–Crippen MR) is 75.9 cm³/mol. The lowest BCUT2D eigenvalue weighted by Gasteiger charge is -2.17. The van der Waals surface area contributed by atoms with Crippen molar-refractivity contribution in [1.29, 1.82) is 0 Å². The summed E-state index contributed by atoms with van der Waals surface area (Å²) in [4.78, 5) is 15.2. The molecule has 2 heterocycles. The molecule has 1 saturated heterocycles. The minimum Gasteiger partial charge on any atom is -0.345 e. The second-order valence-electron chi connectivity index (χ2n) is 5.04. The Balaban J connectivity index is 1.64. The molecule has 1 fully saturated rings. The first-order chi connectivity index (χ1) is 8.75. The number of hydrogen-bond acceptors (Lipinski definition) is 3. The zero-order valence-corrected chi connectivity index (χ0v) is 11.8. The van der Waals surface area contributed by atoms with E-state index < -0.39 is 0 Å². The van der Waals surface area contributed by atoms with Crippen molar-refractivity contribution in [3.05, 3.63) is 22.4 Å². The fourth-order valence-electron chi connectivity index (χ4n) is 2.34. The van der Waals surface area contributed by atoms with E-state index in [0.29, 0.717) is 18.2 Å². The number of amides is 1. The highest BCUT2D eigenvalue weighted by atomic mass is 32.1. The molecule has 1 aromatic rings. The summed E-state index contributed by atoms with van der Waals surface area (Å²) in [5.74, 6) is 0.998. The molecule has 1 aromatic heterocycles. The summed E-state index contributed by atoms with van der Waals surface area (Å²) in [5.41, 5.74) is 0. The molecule has 3 nitrogen and oxygen atoms in total. The Hall–Kier alpha value is -0.870. The van der Waals surface area contributed by atoms with Crippen molar-refractivity contribution in [1.82, 2.24) is 10.2 Å². The summed E-state index contributed by atoms with van der Waals surface area (Å²) in [6.45, 7) is 3.04. The molecule has 2 rings (SSSR count). The summed E-state index contributed by atoms with van der Waals surface area (Å²) in [7, 11) is 1.92. The Morgan fingerprint density at radius 2 is 2.50 bits per heavy atom. The summed E-state index contributed by atoms with van der Waals surface area (Å²) in [6, 6.07) is 4.20. The maximum absolute atomic E-state index is 12.0. The molecule has 0 bridgehead atoms. The maximum Gasteiger partial charge on any atom is 0.222 e. The van der Waals surface area contributed by atoms with Crippen LogP contribution in [0.25, 0.3) is 0 Å². The molecule has 0 radical (unpaired) electrons. The molecule has 1 aliphatic heterocycles. The number of carbonyl (C=O) groups excluding carboxylic acids is 1. The third-order valence-corrected chi connectivity index (χ3v) is 4.56. The van der Waals surface area contributed by atoms with Crippen LogP contribution in [-0.2, 0) is 11.2 Å². The van der Waals surface area contributed by atoms with Crippen LogP contribution in [0.4, 0.5) is 0 Å². The minimum absolute atomic E-state index is 0.290. The first kappa shape index (κ1) is 13.6. The SMILES string of the molecule is CN(CCc1cccs1)C(=O)CCC1CCNC1. The standard InChI is InChI=1S/C14H22N2OS/c1-16(9-7-13-3-2-10-18-13)14(17)5-4-12-6-8-15-11-12/h2-3,10,12,15H,4-9,11H2,1H3. The summed E-state index contributed by atoms with van der Waals surface area (Å²) < 4.78 is 0. The van der Waals surface area contributed by atoms with E-state index in [1.54, 1.807) is 11.3 Å². The van der Waals surface area contributed by atoms with E-state index in [-0.39, 0.29) is 0 Å². The number of nitrogens with one attached hydrogen (secondary N) is 1. The normalized spacial score (nSPS) is 19.1. The smallest absolute Gasteiger partial charge is 0.222 e. The van der Waals surface area contributed by atoms with Crippen molar-refractivity contribution in [2.45, 2.75) is 25.7 Å². The molecule has 1 aliphatic rings. The molecule has 0 spiro atoms. The van der Waals surface area contributed by atoms with Gasteiger partial charge >= 0.3 is 0 Å². The number of carbonyl (C=O) groups is 1. The first-order valence-electron chi connectivity index (χ1n) is 6.73. The van der Waals surface area contributed by atoms with Crippen LogP contribution in [-0.4, -0.2) is 37.5 Å². The molecule has 1 amide bonds. The Kier molecular flexibility index (Phi) is 5.20. The van der Waals surface area contributed by atoms with Gasteiger partial charge in [0.05, 0.1) is 0 Å². The molecule has 0 aliphatic carbocycles. The second kappa shape index (κ2) is 6.90. The van der Waals surface area contributed by atoms with Crippen LogP contribution >= 0.6 is 11.3 Å². The third-order valence-electron chi connectivity index (χ3n) is 3.63. The third kappa shape index (κ3) is 4.10. The van der Waals surface area contributed by atoms with Crippen LogP contribution in [0.15, 0.2) is 17.5 Å². The van der Waals surface area contributed by atoms with Gasteiger partial charge in [0.2, 0.25) is 5.91 Å². The summed E-state index contributed by atoms with van der Waals surface area (Å²) in [5, 5.41) is 5.43. The van der Waals surface area contributed by atoms with Gasteiger partial charge in [-0.2, -0.15) is 0 Å².